The molecule has 1 saturated heterocycles. The molecule has 0 saturated carbocycles. The molecular formula is C11H17ClN4. The van der Waals surface area contributed by atoms with Crippen LogP contribution in [0.25, 0.3) is 0 Å². The third-order valence-corrected chi connectivity index (χ3v) is 3.20. The van der Waals surface area contributed by atoms with Crippen molar-refractivity contribution in [3.8, 4) is 0 Å². The Morgan fingerprint density at radius 2 is 2.19 bits per heavy atom. The highest BCUT2D eigenvalue weighted by Gasteiger charge is 2.16. The van der Waals surface area contributed by atoms with Crippen LogP contribution in [0.2, 0.25) is 5.15 Å². The molecule has 1 N–H and O–H groups in total. The number of rotatable bonds is 3. The first kappa shape index (κ1) is 11.6. The van der Waals surface area contributed by atoms with Gasteiger partial charge in [-0.2, -0.15) is 0 Å². The molecule has 0 radical (unpaired) electrons. The molecule has 0 atom stereocenters. The highest BCUT2D eigenvalue weighted by molar-refractivity contribution is 6.29. The number of likely N-dealkylation sites (tertiary alicyclic amines) is 1. The van der Waals surface area contributed by atoms with Gasteiger partial charge in [0.05, 0.1) is 12.4 Å². The average molecular weight is 241 g/mol. The van der Waals surface area contributed by atoms with Crippen molar-refractivity contribution < 1.29 is 0 Å². The third kappa shape index (κ3) is 3.32. The van der Waals surface area contributed by atoms with E-state index in [1.54, 1.807) is 12.4 Å². The first-order valence-corrected chi connectivity index (χ1v) is 6.02. The Kier molecular flexibility index (Phi) is 3.96. The van der Waals surface area contributed by atoms with Crippen LogP contribution < -0.4 is 5.32 Å². The summed E-state index contributed by atoms with van der Waals surface area (Å²) in [6.45, 7) is 3.34. The molecule has 5 heteroatoms. The van der Waals surface area contributed by atoms with Crippen LogP contribution in [0.15, 0.2) is 12.4 Å². The molecule has 2 rings (SSSR count). The molecule has 0 amide bonds. The fraction of sp³-hybridized carbons (Fsp3) is 0.636. The fourth-order valence-corrected chi connectivity index (χ4v) is 2.09. The van der Waals surface area contributed by atoms with Gasteiger partial charge in [-0.15, -0.1) is 0 Å². The van der Waals surface area contributed by atoms with E-state index in [1.807, 2.05) is 0 Å². The van der Waals surface area contributed by atoms with Gasteiger partial charge in [-0.25, -0.2) is 4.98 Å². The number of hydrogen-bond acceptors (Lipinski definition) is 4. The maximum Gasteiger partial charge on any atom is 0.149 e. The van der Waals surface area contributed by atoms with E-state index in [1.165, 1.54) is 25.9 Å². The van der Waals surface area contributed by atoms with E-state index in [0.29, 0.717) is 5.15 Å². The summed E-state index contributed by atoms with van der Waals surface area (Å²) in [7, 11) is 2.17. The summed E-state index contributed by atoms with van der Waals surface area (Å²) in [6, 6.07) is 0. The molecule has 1 fully saturated rings. The molecule has 1 aromatic rings. The largest absolute Gasteiger partial charge is 0.368 e. The zero-order valence-corrected chi connectivity index (χ0v) is 10.2. The van der Waals surface area contributed by atoms with Gasteiger partial charge in [-0.3, -0.25) is 4.98 Å². The van der Waals surface area contributed by atoms with Gasteiger partial charge in [0.2, 0.25) is 0 Å². The van der Waals surface area contributed by atoms with Crippen LogP contribution in [0.4, 0.5) is 5.82 Å². The van der Waals surface area contributed by atoms with Gasteiger partial charge in [0, 0.05) is 6.54 Å². The lowest BCUT2D eigenvalue weighted by molar-refractivity contribution is 0.226. The number of hydrogen-bond donors (Lipinski definition) is 1. The van der Waals surface area contributed by atoms with Crippen LogP contribution in [-0.2, 0) is 0 Å². The average Bonchev–Trinajstić information content (AvgIpc) is 2.28. The van der Waals surface area contributed by atoms with E-state index >= 15 is 0 Å². The van der Waals surface area contributed by atoms with Crippen molar-refractivity contribution >= 4 is 17.4 Å². The molecule has 1 aromatic heterocycles. The SMILES string of the molecule is CN1CCC(CNc2cncc(Cl)n2)CC1. The summed E-state index contributed by atoms with van der Waals surface area (Å²) in [5.74, 6) is 1.50. The van der Waals surface area contributed by atoms with Crippen LogP contribution in [0.3, 0.4) is 0 Å². The molecule has 1 aliphatic heterocycles. The lowest BCUT2D eigenvalue weighted by Gasteiger charge is -2.29. The van der Waals surface area contributed by atoms with Crippen molar-refractivity contribution in [2.24, 2.45) is 5.92 Å². The molecule has 0 spiro atoms. The van der Waals surface area contributed by atoms with Crippen molar-refractivity contribution in [3.05, 3.63) is 17.5 Å². The second-order valence-corrected chi connectivity index (χ2v) is 4.74. The number of anilines is 1. The Balaban J connectivity index is 1.79. The maximum atomic E-state index is 5.77. The molecule has 4 nitrogen and oxygen atoms in total. The van der Waals surface area contributed by atoms with Gasteiger partial charge >= 0.3 is 0 Å². The molecule has 2 heterocycles. The van der Waals surface area contributed by atoms with E-state index in [0.717, 1.165) is 18.3 Å². The van der Waals surface area contributed by atoms with Crippen LogP contribution in [-0.4, -0.2) is 41.5 Å². The molecule has 88 valence electrons. The highest BCUT2D eigenvalue weighted by Crippen LogP contribution is 2.16. The number of nitrogens with one attached hydrogen (secondary N) is 1. The Bertz CT molecular complexity index is 337. The summed E-state index contributed by atoms with van der Waals surface area (Å²) in [6.07, 6.45) is 5.75. The van der Waals surface area contributed by atoms with E-state index < -0.39 is 0 Å². The quantitative estimate of drug-likeness (QED) is 0.876. The Morgan fingerprint density at radius 1 is 1.44 bits per heavy atom. The minimum Gasteiger partial charge on any atom is -0.368 e. The molecule has 0 aliphatic carbocycles. The van der Waals surface area contributed by atoms with Gasteiger partial charge in [-0.05, 0) is 38.9 Å². The number of aromatic nitrogens is 2. The summed E-state index contributed by atoms with van der Waals surface area (Å²) < 4.78 is 0. The van der Waals surface area contributed by atoms with E-state index in [9.17, 15) is 0 Å². The van der Waals surface area contributed by atoms with Gasteiger partial charge in [0.15, 0.2) is 0 Å². The standard InChI is InChI=1S/C11H17ClN4/c1-16-4-2-9(3-5-16)6-14-11-8-13-7-10(12)15-11/h7-9H,2-6H2,1H3,(H,14,15). The van der Waals surface area contributed by atoms with Gasteiger partial charge in [-0.1, -0.05) is 11.6 Å². The number of nitrogens with zero attached hydrogens (tertiary/aromatic N) is 3. The van der Waals surface area contributed by atoms with Crippen molar-refractivity contribution in [1.29, 1.82) is 0 Å². The number of piperidine rings is 1. The minimum absolute atomic E-state index is 0.438. The van der Waals surface area contributed by atoms with Gasteiger partial charge < -0.3 is 10.2 Å². The van der Waals surface area contributed by atoms with Crippen LogP contribution >= 0.6 is 11.6 Å². The zero-order valence-electron chi connectivity index (χ0n) is 9.49. The fourth-order valence-electron chi connectivity index (χ4n) is 1.94. The van der Waals surface area contributed by atoms with Crippen LogP contribution in [0.1, 0.15) is 12.8 Å². The molecule has 0 unspecified atom stereocenters. The Labute approximate surface area is 101 Å². The molecule has 1 aliphatic rings. The van der Waals surface area contributed by atoms with Crippen molar-refractivity contribution in [1.82, 2.24) is 14.9 Å². The van der Waals surface area contributed by atoms with Gasteiger partial charge in [0.25, 0.3) is 0 Å². The van der Waals surface area contributed by atoms with Crippen molar-refractivity contribution in [3.63, 3.8) is 0 Å². The van der Waals surface area contributed by atoms with Gasteiger partial charge in [0.1, 0.15) is 11.0 Å². The lowest BCUT2D eigenvalue weighted by Crippen LogP contribution is -2.33. The lowest BCUT2D eigenvalue weighted by atomic mass is 9.97. The summed E-state index contributed by atoms with van der Waals surface area (Å²) in [5.41, 5.74) is 0. The first-order chi connectivity index (χ1) is 7.74. The molecule has 0 aromatic carbocycles. The topological polar surface area (TPSA) is 41.0 Å². The van der Waals surface area contributed by atoms with E-state index in [-0.39, 0.29) is 0 Å². The second-order valence-electron chi connectivity index (χ2n) is 4.35. The minimum atomic E-state index is 0.438. The monoisotopic (exact) mass is 240 g/mol. The predicted molar refractivity (Wildman–Crippen MR) is 65.8 cm³/mol. The van der Waals surface area contributed by atoms with E-state index in [4.69, 9.17) is 11.6 Å². The zero-order chi connectivity index (χ0) is 11.4. The summed E-state index contributed by atoms with van der Waals surface area (Å²) >= 11 is 5.77. The van der Waals surface area contributed by atoms with Crippen molar-refractivity contribution in [2.45, 2.75) is 12.8 Å². The predicted octanol–water partition coefficient (Wildman–Crippen LogP) is 1.88. The summed E-state index contributed by atoms with van der Waals surface area (Å²) in [4.78, 5) is 10.5. The molecule has 0 bridgehead atoms. The number of halogens is 1. The second kappa shape index (κ2) is 5.46. The van der Waals surface area contributed by atoms with Crippen molar-refractivity contribution in [2.75, 3.05) is 32.0 Å². The van der Waals surface area contributed by atoms with Crippen LogP contribution in [0.5, 0.6) is 0 Å². The Morgan fingerprint density at radius 3 is 2.88 bits per heavy atom. The summed E-state index contributed by atoms with van der Waals surface area (Å²) in [5, 5.41) is 3.73. The molecular weight excluding hydrogens is 224 g/mol. The highest BCUT2D eigenvalue weighted by atomic mass is 35.5. The Hall–Kier alpha value is -0.870. The first-order valence-electron chi connectivity index (χ1n) is 5.64. The maximum absolute atomic E-state index is 5.77. The third-order valence-electron chi connectivity index (χ3n) is 3.02. The smallest absolute Gasteiger partial charge is 0.149 e. The normalized spacial score (nSPS) is 18.6. The molecule has 16 heavy (non-hydrogen) atoms. The van der Waals surface area contributed by atoms with E-state index in [2.05, 4.69) is 27.2 Å². The van der Waals surface area contributed by atoms with Crippen LogP contribution in [0, 0.1) is 5.92 Å².